The van der Waals surface area contributed by atoms with Gasteiger partial charge in [0.05, 0.1) is 23.7 Å². The van der Waals surface area contributed by atoms with Crippen molar-refractivity contribution in [2.24, 2.45) is 0 Å². The van der Waals surface area contributed by atoms with Crippen molar-refractivity contribution in [3.05, 3.63) is 47.5 Å². The predicted octanol–water partition coefficient (Wildman–Crippen LogP) is 3.93. The van der Waals surface area contributed by atoms with E-state index in [1.54, 1.807) is 12.1 Å². The fourth-order valence-corrected chi connectivity index (χ4v) is 3.45. The molecule has 0 spiro atoms. The van der Waals surface area contributed by atoms with Gasteiger partial charge in [0.15, 0.2) is 0 Å². The zero-order chi connectivity index (χ0) is 17.4. The number of aromatic nitrogens is 2. The third-order valence-electron chi connectivity index (χ3n) is 4.83. The molecule has 0 unspecified atom stereocenters. The van der Waals surface area contributed by atoms with Gasteiger partial charge in [-0.3, -0.25) is 0 Å². The monoisotopic (exact) mass is 335 g/mol. The van der Waals surface area contributed by atoms with E-state index in [9.17, 15) is 4.79 Å². The second-order valence-electron chi connectivity index (χ2n) is 6.50. The number of ether oxygens (including phenoxy) is 1. The highest BCUT2D eigenvalue weighted by atomic mass is 16.5. The van der Waals surface area contributed by atoms with Crippen molar-refractivity contribution in [3.63, 3.8) is 0 Å². The number of imidazole rings is 1. The molecule has 4 rings (SSSR count). The molecule has 1 aliphatic heterocycles. The molecule has 0 amide bonds. The minimum Gasteiger partial charge on any atom is -0.465 e. The molecule has 0 atom stereocenters. The standard InChI is InChI=1S/C20H21N3O2/c1-13-5-6-14(12-18(13)23-9-3-4-10-23)19-21-16-8-7-15(20(24)25-2)11-17(16)22-19/h5-8,11-12H,3-4,9-10H2,1-2H3,(H,21,22). The summed E-state index contributed by atoms with van der Waals surface area (Å²) >= 11 is 0. The third kappa shape index (κ3) is 2.86. The van der Waals surface area contributed by atoms with Crippen LogP contribution in [0.25, 0.3) is 22.4 Å². The minimum atomic E-state index is -0.343. The Balaban J connectivity index is 1.74. The Kier molecular flexibility index (Phi) is 3.92. The number of anilines is 1. The lowest BCUT2D eigenvalue weighted by Gasteiger charge is -2.20. The topological polar surface area (TPSA) is 58.2 Å². The van der Waals surface area contributed by atoms with Crippen LogP contribution in [-0.2, 0) is 4.74 Å². The summed E-state index contributed by atoms with van der Waals surface area (Å²) in [7, 11) is 1.39. The molecule has 1 aliphatic rings. The number of carbonyl (C=O) groups is 1. The van der Waals surface area contributed by atoms with Crippen LogP contribution in [0.1, 0.15) is 28.8 Å². The summed E-state index contributed by atoms with van der Waals surface area (Å²) in [6.07, 6.45) is 2.51. The maximum absolute atomic E-state index is 11.7. The number of aromatic amines is 1. The summed E-state index contributed by atoms with van der Waals surface area (Å²) < 4.78 is 4.78. The number of nitrogens with zero attached hydrogens (tertiary/aromatic N) is 2. The number of hydrogen-bond acceptors (Lipinski definition) is 4. The molecule has 25 heavy (non-hydrogen) atoms. The van der Waals surface area contributed by atoms with Crippen LogP contribution in [0.4, 0.5) is 5.69 Å². The Morgan fingerprint density at radius 2 is 1.96 bits per heavy atom. The number of fused-ring (bicyclic) bond motifs is 1. The van der Waals surface area contributed by atoms with E-state index in [0.29, 0.717) is 5.56 Å². The van der Waals surface area contributed by atoms with E-state index in [-0.39, 0.29) is 5.97 Å². The van der Waals surface area contributed by atoms with Crippen molar-refractivity contribution in [3.8, 4) is 11.4 Å². The number of carbonyl (C=O) groups excluding carboxylic acids is 1. The Bertz CT molecular complexity index is 939. The summed E-state index contributed by atoms with van der Waals surface area (Å²) in [4.78, 5) is 22.2. The number of nitrogens with one attached hydrogen (secondary N) is 1. The number of hydrogen-bond donors (Lipinski definition) is 1. The first-order valence-corrected chi connectivity index (χ1v) is 8.60. The van der Waals surface area contributed by atoms with Crippen LogP contribution >= 0.6 is 0 Å². The molecule has 2 aromatic carbocycles. The largest absolute Gasteiger partial charge is 0.465 e. The Hall–Kier alpha value is -2.82. The highest BCUT2D eigenvalue weighted by Crippen LogP contribution is 2.30. The molecule has 0 aliphatic carbocycles. The van der Waals surface area contributed by atoms with Crippen molar-refractivity contribution in [2.45, 2.75) is 19.8 Å². The second kappa shape index (κ2) is 6.24. The minimum absolute atomic E-state index is 0.343. The van der Waals surface area contributed by atoms with E-state index >= 15 is 0 Å². The van der Waals surface area contributed by atoms with Crippen molar-refractivity contribution >= 4 is 22.7 Å². The van der Waals surface area contributed by atoms with Crippen molar-refractivity contribution in [1.29, 1.82) is 0 Å². The molecule has 0 saturated carbocycles. The van der Waals surface area contributed by atoms with E-state index < -0.39 is 0 Å². The first-order valence-electron chi connectivity index (χ1n) is 8.60. The SMILES string of the molecule is COC(=O)c1ccc2nc(-c3ccc(C)c(N4CCCC4)c3)[nH]c2c1. The second-order valence-corrected chi connectivity index (χ2v) is 6.50. The number of rotatable bonds is 3. The van der Waals surface area contributed by atoms with Crippen LogP contribution in [0.5, 0.6) is 0 Å². The molecule has 5 heteroatoms. The highest BCUT2D eigenvalue weighted by molar-refractivity contribution is 5.94. The van der Waals surface area contributed by atoms with Gasteiger partial charge in [-0.1, -0.05) is 12.1 Å². The Morgan fingerprint density at radius 1 is 1.16 bits per heavy atom. The average molecular weight is 335 g/mol. The fourth-order valence-electron chi connectivity index (χ4n) is 3.45. The zero-order valence-corrected chi connectivity index (χ0v) is 14.5. The average Bonchev–Trinajstić information content (AvgIpc) is 3.30. The molecule has 0 bridgehead atoms. The molecule has 1 saturated heterocycles. The summed E-state index contributed by atoms with van der Waals surface area (Å²) in [6.45, 7) is 4.39. The molecule has 0 radical (unpaired) electrons. The molecule has 1 N–H and O–H groups in total. The number of esters is 1. The highest BCUT2D eigenvalue weighted by Gasteiger charge is 2.16. The van der Waals surface area contributed by atoms with Gasteiger partial charge in [0.25, 0.3) is 0 Å². The van der Waals surface area contributed by atoms with E-state index in [2.05, 4.69) is 40.0 Å². The Morgan fingerprint density at radius 3 is 2.72 bits per heavy atom. The van der Waals surface area contributed by atoms with Gasteiger partial charge in [-0.25, -0.2) is 9.78 Å². The van der Waals surface area contributed by atoms with E-state index in [0.717, 1.165) is 35.5 Å². The first kappa shape index (κ1) is 15.7. The van der Waals surface area contributed by atoms with Gasteiger partial charge in [0, 0.05) is 24.3 Å². The van der Waals surface area contributed by atoms with Gasteiger partial charge in [-0.05, 0) is 49.6 Å². The lowest BCUT2D eigenvalue weighted by molar-refractivity contribution is 0.0601. The van der Waals surface area contributed by atoms with Crippen LogP contribution in [0.2, 0.25) is 0 Å². The molecular weight excluding hydrogens is 314 g/mol. The molecule has 2 heterocycles. The van der Waals surface area contributed by atoms with Crippen molar-refractivity contribution in [2.75, 3.05) is 25.1 Å². The van der Waals surface area contributed by atoms with Crippen LogP contribution in [0.15, 0.2) is 36.4 Å². The van der Waals surface area contributed by atoms with Crippen LogP contribution in [-0.4, -0.2) is 36.1 Å². The van der Waals surface area contributed by atoms with E-state index in [1.165, 1.54) is 31.2 Å². The van der Waals surface area contributed by atoms with Crippen molar-refractivity contribution < 1.29 is 9.53 Å². The number of H-pyrrole nitrogens is 1. The predicted molar refractivity (Wildman–Crippen MR) is 99.1 cm³/mol. The van der Waals surface area contributed by atoms with Gasteiger partial charge in [0.2, 0.25) is 0 Å². The normalized spacial score (nSPS) is 14.2. The molecule has 3 aromatic rings. The van der Waals surface area contributed by atoms with Crippen LogP contribution in [0, 0.1) is 6.92 Å². The van der Waals surface area contributed by atoms with Crippen molar-refractivity contribution in [1.82, 2.24) is 9.97 Å². The van der Waals surface area contributed by atoms with Gasteiger partial charge in [-0.15, -0.1) is 0 Å². The summed E-state index contributed by atoms with van der Waals surface area (Å²) in [5.41, 5.74) is 5.82. The molecule has 5 nitrogen and oxygen atoms in total. The number of benzene rings is 2. The lowest BCUT2D eigenvalue weighted by atomic mass is 10.1. The molecule has 1 fully saturated rings. The van der Waals surface area contributed by atoms with Gasteiger partial charge in [0.1, 0.15) is 5.82 Å². The smallest absolute Gasteiger partial charge is 0.337 e. The third-order valence-corrected chi connectivity index (χ3v) is 4.83. The van der Waals surface area contributed by atoms with Gasteiger partial charge in [-0.2, -0.15) is 0 Å². The summed E-state index contributed by atoms with van der Waals surface area (Å²) in [5.74, 6) is 0.474. The fraction of sp³-hybridized carbons (Fsp3) is 0.300. The molecule has 128 valence electrons. The maximum Gasteiger partial charge on any atom is 0.337 e. The zero-order valence-electron chi connectivity index (χ0n) is 14.5. The summed E-state index contributed by atoms with van der Waals surface area (Å²) in [6, 6.07) is 11.8. The summed E-state index contributed by atoms with van der Waals surface area (Å²) in [5, 5.41) is 0. The molecule has 1 aromatic heterocycles. The number of aryl methyl sites for hydroxylation is 1. The van der Waals surface area contributed by atoms with Gasteiger partial charge >= 0.3 is 5.97 Å². The van der Waals surface area contributed by atoms with E-state index in [4.69, 9.17) is 4.74 Å². The maximum atomic E-state index is 11.7. The Labute approximate surface area is 146 Å². The van der Waals surface area contributed by atoms with E-state index in [1.807, 2.05) is 6.07 Å². The first-order chi connectivity index (χ1) is 12.2. The quantitative estimate of drug-likeness (QED) is 0.737. The number of methoxy groups -OCH3 is 1. The lowest BCUT2D eigenvalue weighted by Crippen LogP contribution is -2.18. The van der Waals surface area contributed by atoms with Crippen LogP contribution in [0.3, 0.4) is 0 Å². The van der Waals surface area contributed by atoms with Gasteiger partial charge < -0.3 is 14.6 Å². The van der Waals surface area contributed by atoms with Crippen LogP contribution < -0.4 is 4.90 Å². The molecular formula is C20H21N3O2.